The summed E-state index contributed by atoms with van der Waals surface area (Å²) in [6.45, 7) is 4.00. The van der Waals surface area contributed by atoms with Crippen molar-refractivity contribution in [2.45, 2.75) is 13.0 Å². The first kappa shape index (κ1) is 11.7. The molecule has 3 heteroatoms. The predicted molar refractivity (Wildman–Crippen MR) is 67.3 cm³/mol. The Morgan fingerprint density at radius 1 is 1.53 bits per heavy atom. The molecule has 1 atom stereocenters. The maximum absolute atomic E-state index is 12.0. The first-order valence-corrected chi connectivity index (χ1v) is 5.75. The highest BCUT2D eigenvalue weighted by molar-refractivity contribution is 5.84. The van der Waals surface area contributed by atoms with Crippen LogP contribution in [0.5, 0.6) is 0 Å². The molecule has 1 saturated heterocycles. The van der Waals surface area contributed by atoms with Crippen LogP contribution in [0.4, 0.5) is 0 Å². The molecule has 1 fully saturated rings. The summed E-state index contributed by atoms with van der Waals surface area (Å²) in [5.74, 6) is 2.67. The summed E-state index contributed by atoms with van der Waals surface area (Å²) in [4.78, 5) is 14.1. The highest BCUT2D eigenvalue weighted by Gasteiger charge is 2.31. The van der Waals surface area contributed by atoms with E-state index in [-0.39, 0.29) is 11.9 Å². The molecular formula is C14H16N2O. The maximum Gasteiger partial charge on any atom is 0.242 e. The van der Waals surface area contributed by atoms with Gasteiger partial charge in [-0.1, -0.05) is 30.2 Å². The third-order valence-electron chi connectivity index (χ3n) is 3.09. The lowest BCUT2D eigenvalue weighted by Gasteiger charge is -2.34. The van der Waals surface area contributed by atoms with Crippen molar-refractivity contribution in [3.8, 4) is 12.3 Å². The second-order valence-electron chi connectivity index (χ2n) is 4.22. The van der Waals surface area contributed by atoms with E-state index >= 15 is 0 Å². The lowest BCUT2D eigenvalue weighted by molar-refractivity contribution is -0.128. The molecule has 1 aromatic rings. The van der Waals surface area contributed by atoms with Crippen LogP contribution >= 0.6 is 0 Å². The highest BCUT2D eigenvalue weighted by atomic mass is 16.2. The van der Waals surface area contributed by atoms with Crippen molar-refractivity contribution >= 4 is 5.91 Å². The number of hydrogen-bond donors (Lipinski definition) is 1. The van der Waals surface area contributed by atoms with Crippen LogP contribution in [0.2, 0.25) is 0 Å². The molecular weight excluding hydrogens is 212 g/mol. The predicted octanol–water partition coefficient (Wildman–Crippen LogP) is 1.10. The van der Waals surface area contributed by atoms with Gasteiger partial charge in [-0.3, -0.25) is 9.69 Å². The Hall–Kier alpha value is -1.79. The molecule has 88 valence electrons. The lowest BCUT2D eigenvalue weighted by Crippen LogP contribution is -2.50. The number of carbonyl (C=O) groups is 1. The van der Waals surface area contributed by atoms with E-state index in [4.69, 9.17) is 6.42 Å². The molecule has 2 rings (SSSR count). The molecule has 0 saturated carbocycles. The van der Waals surface area contributed by atoms with E-state index in [1.165, 1.54) is 0 Å². The fraction of sp³-hybridized carbons (Fsp3) is 0.357. The van der Waals surface area contributed by atoms with Gasteiger partial charge in [-0.15, -0.1) is 6.42 Å². The number of nitrogens with zero attached hydrogens (tertiary/aromatic N) is 1. The Bertz CT molecular complexity index is 462. The normalized spacial score (nSPS) is 20.7. The third kappa shape index (κ3) is 2.32. The first-order valence-electron chi connectivity index (χ1n) is 5.75. The number of benzene rings is 1. The number of piperazine rings is 1. The van der Waals surface area contributed by atoms with Gasteiger partial charge >= 0.3 is 0 Å². The zero-order valence-corrected chi connectivity index (χ0v) is 9.94. The molecule has 1 N–H and O–H groups in total. The molecule has 1 aromatic carbocycles. The number of rotatable bonds is 2. The van der Waals surface area contributed by atoms with Gasteiger partial charge in [0.05, 0.1) is 6.54 Å². The molecule has 0 bridgehead atoms. The number of aryl methyl sites for hydroxylation is 1. The van der Waals surface area contributed by atoms with Crippen LogP contribution in [-0.4, -0.2) is 30.4 Å². The van der Waals surface area contributed by atoms with Crippen LogP contribution in [0.3, 0.4) is 0 Å². The summed E-state index contributed by atoms with van der Waals surface area (Å²) >= 11 is 0. The number of terminal acetylenes is 1. The van der Waals surface area contributed by atoms with Gasteiger partial charge < -0.3 is 5.32 Å². The van der Waals surface area contributed by atoms with Crippen molar-refractivity contribution in [2.75, 3.05) is 19.6 Å². The number of amides is 1. The molecule has 0 radical (unpaired) electrons. The van der Waals surface area contributed by atoms with E-state index in [9.17, 15) is 4.79 Å². The highest BCUT2D eigenvalue weighted by Crippen LogP contribution is 2.25. The fourth-order valence-corrected chi connectivity index (χ4v) is 2.23. The minimum absolute atomic E-state index is 0.0424. The van der Waals surface area contributed by atoms with Gasteiger partial charge in [-0.25, -0.2) is 0 Å². The SMILES string of the molecule is C#CCN1CCNC(=O)C1c1ccccc1C. The molecule has 1 unspecified atom stereocenters. The van der Waals surface area contributed by atoms with Crippen LogP contribution in [-0.2, 0) is 4.79 Å². The molecule has 3 nitrogen and oxygen atoms in total. The van der Waals surface area contributed by atoms with Gasteiger partial charge in [-0.05, 0) is 18.1 Å². The zero-order chi connectivity index (χ0) is 12.3. The maximum atomic E-state index is 12.0. The van der Waals surface area contributed by atoms with E-state index in [0.29, 0.717) is 13.1 Å². The van der Waals surface area contributed by atoms with Gasteiger partial charge in [0.15, 0.2) is 0 Å². The van der Waals surface area contributed by atoms with E-state index in [2.05, 4.69) is 11.2 Å². The van der Waals surface area contributed by atoms with Crippen LogP contribution < -0.4 is 5.32 Å². The largest absolute Gasteiger partial charge is 0.353 e. The van der Waals surface area contributed by atoms with Gasteiger partial charge in [0.1, 0.15) is 6.04 Å². The third-order valence-corrected chi connectivity index (χ3v) is 3.09. The average Bonchev–Trinajstić information content (AvgIpc) is 2.31. The topological polar surface area (TPSA) is 32.3 Å². The molecule has 1 amide bonds. The van der Waals surface area contributed by atoms with E-state index in [0.717, 1.165) is 17.7 Å². The molecule has 1 aliphatic rings. The summed E-state index contributed by atoms with van der Waals surface area (Å²) in [6.07, 6.45) is 5.36. The number of carbonyl (C=O) groups excluding carboxylic acids is 1. The van der Waals surface area contributed by atoms with Crippen molar-refractivity contribution in [2.24, 2.45) is 0 Å². The Morgan fingerprint density at radius 3 is 3.00 bits per heavy atom. The second-order valence-corrected chi connectivity index (χ2v) is 4.22. The van der Waals surface area contributed by atoms with Crippen LogP contribution in [0.25, 0.3) is 0 Å². The average molecular weight is 228 g/mol. The Morgan fingerprint density at radius 2 is 2.29 bits per heavy atom. The summed E-state index contributed by atoms with van der Waals surface area (Å²) in [5, 5.41) is 2.90. The Kier molecular flexibility index (Phi) is 3.46. The van der Waals surface area contributed by atoms with E-state index in [1.807, 2.05) is 36.1 Å². The number of nitrogens with one attached hydrogen (secondary N) is 1. The molecule has 0 spiro atoms. The monoisotopic (exact) mass is 228 g/mol. The van der Waals surface area contributed by atoms with Gasteiger partial charge in [0, 0.05) is 13.1 Å². The lowest BCUT2D eigenvalue weighted by atomic mass is 9.98. The van der Waals surface area contributed by atoms with Gasteiger partial charge in [0.2, 0.25) is 5.91 Å². The Labute approximate surface area is 102 Å². The minimum Gasteiger partial charge on any atom is -0.353 e. The smallest absolute Gasteiger partial charge is 0.242 e. The fourth-order valence-electron chi connectivity index (χ4n) is 2.23. The quantitative estimate of drug-likeness (QED) is 0.769. The molecule has 0 aliphatic carbocycles. The second kappa shape index (κ2) is 5.03. The van der Waals surface area contributed by atoms with Crippen LogP contribution in [0, 0.1) is 19.3 Å². The molecule has 0 aromatic heterocycles. The zero-order valence-electron chi connectivity index (χ0n) is 9.94. The van der Waals surface area contributed by atoms with Gasteiger partial charge in [-0.2, -0.15) is 0 Å². The van der Waals surface area contributed by atoms with Crippen molar-refractivity contribution in [3.63, 3.8) is 0 Å². The summed E-state index contributed by atoms with van der Waals surface area (Å²) < 4.78 is 0. The van der Waals surface area contributed by atoms with Crippen molar-refractivity contribution in [1.29, 1.82) is 0 Å². The molecule has 1 heterocycles. The van der Waals surface area contributed by atoms with E-state index in [1.54, 1.807) is 0 Å². The van der Waals surface area contributed by atoms with Crippen LogP contribution in [0.15, 0.2) is 24.3 Å². The minimum atomic E-state index is -0.249. The van der Waals surface area contributed by atoms with Crippen molar-refractivity contribution < 1.29 is 4.79 Å². The van der Waals surface area contributed by atoms with Crippen molar-refractivity contribution in [1.82, 2.24) is 10.2 Å². The summed E-state index contributed by atoms with van der Waals surface area (Å²) in [7, 11) is 0. The number of hydrogen-bond acceptors (Lipinski definition) is 2. The first-order chi connectivity index (χ1) is 8.24. The standard InChI is InChI=1S/C14H16N2O/c1-3-9-16-10-8-15-14(17)13(16)12-7-5-4-6-11(12)2/h1,4-7,13H,8-10H2,2H3,(H,15,17). The van der Waals surface area contributed by atoms with Gasteiger partial charge in [0.25, 0.3) is 0 Å². The summed E-state index contributed by atoms with van der Waals surface area (Å²) in [6, 6.07) is 7.70. The molecule has 17 heavy (non-hydrogen) atoms. The summed E-state index contributed by atoms with van der Waals surface area (Å²) in [5.41, 5.74) is 2.16. The van der Waals surface area contributed by atoms with Crippen molar-refractivity contribution in [3.05, 3.63) is 35.4 Å². The Balaban J connectivity index is 2.35. The van der Waals surface area contributed by atoms with Crippen LogP contribution in [0.1, 0.15) is 17.2 Å². The van der Waals surface area contributed by atoms with E-state index < -0.39 is 0 Å². The molecule has 1 aliphatic heterocycles.